The Labute approximate surface area is 132 Å². The third-order valence-electron chi connectivity index (χ3n) is 4.43. The monoisotopic (exact) mass is 306 g/mol. The maximum atomic E-state index is 12.1. The summed E-state index contributed by atoms with van der Waals surface area (Å²) >= 11 is 0. The van der Waals surface area contributed by atoms with Gasteiger partial charge < -0.3 is 20.1 Å². The average Bonchev–Trinajstić information content (AvgIpc) is 2.54. The molecule has 0 heterocycles. The normalized spacial score (nSPS) is 25.0. The maximum Gasteiger partial charge on any atom is 0.407 e. The summed E-state index contributed by atoms with van der Waals surface area (Å²) in [4.78, 5) is 14.2. The van der Waals surface area contributed by atoms with Crippen molar-refractivity contribution in [3.63, 3.8) is 0 Å². The highest BCUT2D eigenvalue weighted by Crippen LogP contribution is 2.30. The fourth-order valence-electron chi connectivity index (χ4n) is 3.04. The molecule has 1 saturated carbocycles. The van der Waals surface area contributed by atoms with Crippen molar-refractivity contribution < 1.29 is 14.6 Å². The summed E-state index contributed by atoms with van der Waals surface area (Å²) in [6, 6.07) is 9.95. The van der Waals surface area contributed by atoms with E-state index >= 15 is 0 Å². The van der Waals surface area contributed by atoms with E-state index in [2.05, 4.69) is 10.2 Å². The second-order valence-corrected chi connectivity index (χ2v) is 6.34. The Bertz CT molecular complexity index is 478. The Kier molecular flexibility index (Phi) is 5.80. The first kappa shape index (κ1) is 16.8. The van der Waals surface area contributed by atoms with Crippen LogP contribution < -0.4 is 5.32 Å². The molecule has 1 aliphatic carbocycles. The molecule has 5 heteroatoms. The van der Waals surface area contributed by atoms with Crippen LogP contribution in [-0.4, -0.2) is 48.4 Å². The second-order valence-electron chi connectivity index (χ2n) is 6.34. The smallest absolute Gasteiger partial charge is 0.407 e. The van der Waals surface area contributed by atoms with E-state index in [9.17, 15) is 9.90 Å². The van der Waals surface area contributed by atoms with Crippen LogP contribution in [0.25, 0.3) is 0 Å². The third kappa shape index (κ3) is 4.45. The molecule has 1 aromatic rings. The first-order valence-corrected chi connectivity index (χ1v) is 7.81. The number of carbonyl (C=O) groups excluding carboxylic acids is 1. The number of benzene rings is 1. The molecular weight excluding hydrogens is 280 g/mol. The number of nitrogens with one attached hydrogen (secondary N) is 1. The lowest BCUT2D eigenvalue weighted by atomic mass is 9.79. The Balaban J connectivity index is 1.90. The zero-order chi connectivity index (χ0) is 16.0. The minimum atomic E-state index is -0.568. The molecule has 1 aromatic carbocycles. The molecule has 0 unspecified atom stereocenters. The Hall–Kier alpha value is -1.59. The predicted octanol–water partition coefficient (Wildman–Crippen LogP) is 2.15. The van der Waals surface area contributed by atoms with E-state index < -0.39 is 11.6 Å². The van der Waals surface area contributed by atoms with Crippen LogP contribution in [0.4, 0.5) is 4.79 Å². The van der Waals surface area contributed by atoms with Gasteiger partial charge in [-0.05, 0) is 45.3 Å². The van der Waals surface area contributed by atoms with Crippen LogP contribution in [0.5, 0.6) is 0 Å². The van der Waals surface area contributed by atoms with Crippen LogP contribution in [0.3, 0.4) is 0 Å². The fourth-order valence-corrected chi connectivity index (χ4v) is 3.04. The summed E-state index contributed by atoms with van der Waals surface area (Å²) in [5, 5.41) is 12.7. The van der Waals surface area contributed by atoms with Gasteiger partial charge in [0.2, 0.25) is 0 Å². The van der Waals surface area contributed by atoms with E-state index in [1.165, 1.54) is 0 Å². The van der Waals surface area contributed by atoms with Crippen LogP contribution >= 0.6 is 0 Å². The highest BCUT2D eigenvalue weighted by molar-refractivity contribution is 5.68. The van der Waals surface area contributed by atoms with Gasteiger partial charge in [0.05, 0.1) is 12.1 Å². The van der Waals surface area contributed by atoms with Crippen molar-refractivity contribution in [3.05, 3.63) is 35.9 Å². The lowest BCUT2D eigenvalue weighted by molar-refractivity contribution is 0.0641. The van der Waals surface area contributed by atoms with Crippen molar-refractivity contribution in [1.82, 2.24) is 10.2 Å². The van der Waals surface area contributed by atoms with Crippen LogP contribution in [0.1, 0.15) is 31.2 Å². The van der Waals surface area contributed by atoms with E-state index in [1.807, 2.05) is 44.4 Å². The summed E-state index contributed by atoms with van der Waals surface area (Å²) < 4.78 is 5.28. The minimum absolute atomic E-state index is 0.0578. The van der Waals surface area contributed by atoms with Crippen LogP contribution in [0, 0.1) is 0 Å². The predicted molar refractivity (Wildman–Crippen MR) is 85.5 cm³/mol. The van der Waals surface area contributed by atoms with Gasteiger partial charge in [0.25, 0.3) is 0 Å². The molecule has 0 bridgehead atoms. The van der Waals surface area contributed by atoms with E-state index in [4.69, 9.17) is 4.74 Å². The number of hydrogen-bond acceptors (Lipinski definition) is 4. The van der Waals surface area contributed by atoms with Gasteiger partial charge in [-0.3, -0.25) is 0 Å². The molecule has 122 valence electrons. The van der Waals surface area contributed by atoms with Crippen molar-refractivity contribution >= 4 is 6.09 Å². The van der Waals surface area contributed by atoms with Crippen molar-refractivity contribution in [2.75, 3.05) is 20.7 Å². The van der Waals surface area contributed by atoms with Gasteiger partial charge in [-0.2, -0.15) is 0 Å². The number of alkyl carbamates (subject to hydrolysis) is 1. The molecule has 1 aliphatic rings. The molecule has 2 rings (SSSR count). The quantitative estimate of drug-likeness (QED) is 0.875. The highest BCUT2D eigenvalue weighted by Gasteiger charge is 2.38. The number of aliphatic hydroxyl groups is 1. The number of nitrogens with zero attached hydrogens (tertiary/aromatic N) is 1. The van der Waals surface area contributed by atoms with Crippen molar-refractivity contribution in [2.24, 2.45) is 0 Å². The summed E-state index contributed by atoms with van der Waals surface area (Å²) in [6.07, 6.45) is 3.15. The Morgan fingerprint density at radius 2 is 2.14 bits per heavy atom. The Morgan fingerprint density at radius 1 is 1.41 bits per heavy atom. The van der Waals surface area contributed by atoms with E-state index in [0.717, 1.165) is 31.2 Å². The van der Waals surface area contributed by atoms with Gasteiger partial charge in [-0.15, -0.1) is 0 Å². The molecule has 2 atom stereocenters. The molecule has 2 N–H and O–H groups in total. The molecule has 22 heavy (non-hydrogen) atoms. The molecular formula is C17H26N2O3. The molecule has 0 aliphatic heterocycles. The average molecular weight is 306 g/mol. The minimum Gasteiger partial charge on any atom is -0.445 e. The number of rotatable bonds is 5. The van der Waals surface area contributed by atoms with E-state index in [0.29, 0.717) is 6.04 Å². The largest absolute Gasteiger partial charge is 0.445 e. The molecule has 0 aromatic heterocycles. The highest BCUT2D eigenvalue weighted by atomic mass is 16.5. The maximum absolute atomic E-state index is 12.1. The summed E-state index contributed by atoms with van der Waals surface area (Å²) in [6.45, 7) is 0.184. The summed E-state index contributed by atoms with van der Waals surface area (Å²) in [5.74, 6) is 0. The Morgan fingerprint density at radius 3 is 2.77 bits per heavy atom. The molecule has 1 amide bonds. The molecule has 1 fully saturated rings. The molecule has 0 radical (unpaired) electrons. The van der Waals surface area contributed by atoms with Crippen LogP contribution in [0.2, 0.25) is 0 Å². The van der Waals surface area contributed by atoms with Gasteiger partial charge in [-0.1, -0.05) is 30.3 Å². The zero-order valence-electron chi connectivity index (χ0n) is 13.4. The van der Waals surface area contributed by atoms with Crippen molar-refractivity contribution in [2.45, 2.75) is 43.9 Å². The van der Waals surface area contributed by atoms with Gasteiger partial charge in [-0.25, -0.2) is 4.79 Å². The second kappa shape index (κ2) is 7.61. The number of aliphatic hydroxyl groups excluding tert-OH is 1. The summed E-state index contributed by atoms with van der Waals surface area (Å²) in [7, 11) is 4.07. The third-order valence-corrected chi connectivity index (χ3v) is 4.43. The van der Waals surface area contributed by atoms with Crippen LogP contribution in [-0.2, 0) is 11.3 Å². The number of ether oxygens (including phenoxy) is 1. The van der Waals surface area contributed by atoms with Gasteiger partial charge in [0, 0.05) is 6.04 Å². The van der Waals surface area contributed by atoms with E-state index in [-0.39, 0.29) is 13.2 Å². The standard InChI is InChI=1S/C17H26N2O3/c1-19(2)15-9-6-10-17(11-15,13-20)18-16(21)22-12-14-7-4-3-5-8-14/h3-5,7-8,15,20H,6,9-13H2,1-2H3,(H,18,21)/t15-,17+/m0/s1. The molecule has 0 spiro atoms. The topological polar surface area (TPSA) is 61.8 Å². The van der Waals surface area contributed by atoms with E-state index in [1.54, 1.807) is 0 Å². The first-order valence-electron chi connectivity index (χ1n) is 7.81. The lowest BCUT2D eigenvalue weighted by Gasteiger charge is -2.42. The molecule has 5 nitrogen and oxygen atoms in total. The van der Waals surface area contributed by atoms with Crippen molar-refractivity contribution in [1.29, 1.82) is 0 Å². The van der Waals surface area contributed by atoms with Crippen molar-refractivity contribution in [3.8, 4) is 0 Å². The van der Waals surface area contributed by atoms with Gasteiger partial charge >= 0.3 is 6.09 Å². The van der Waals surface area contributed by atoms with Crippen LogP contribution in [0.15, 0.2) is 30.3 Å². The lowest BCUT2D eigenvalue weighted by Crippen LogP contribution is -2.56. The molecule has 0 saturated heterocycles. The SMILES string of the molecule is CN(C)[C@H]1CCC[C@@](CO)(NC(=O)OCc2ccccc2)C1. The first-order chi connectivity index (χ1) is 10.5. The summed E-state index contributed by atoms with van der Waals surface area (Å²) in [5.41, 5.74) is 0.381. The number of amides is 1. The number of hydrogen-bond donors (Lipinski definition) is 2. The zero-order valence-corrected chi connectivity index (χ0v) is 13.4. The fraction of sp³-hybridized carbons (Fsp3) is 0.588. The van der Waals surface area contributed by atoms with Gasteiger partial charge in [0.15, 0.2) is 0 Å². The van der Waals surface area contributed by atoms with Gasteiger partial charge in [0.1, 0.15) is 6.61 Å². The number of carbonyl (C=O) groups is 1.